The van der Waals surface area contributed by atoms with Gasteiger partial charge in [0.15, 0.2) is 0 Å². The van der Waals surface area contributed by atoms with Gasteiger partial charge in [-0.3, -0.25) is 0 Å². The molecule has 0 bridgehead atoms. The van der Waals surface area contributed by atoms with E-state index in [1.165, 1.54) is 78.2 Å². The highest BCUT2D eigenvalue weighted by Gasteiger charge is 2.48. The molecule has 2 unspecified atom stereocenters. The van der Waals surface area contributed by atoms with Crippen LogP contribution in [0.3, 0.4) is 0 Å². The van der Waals surface area contributed by atoms with E-state index in [1.807, 2.05) is 0 Å². The van der Waals surface area contributed by atoms with Crippen LogP contribution in [0.2, 0.25) is 0 Å². The van der Waals surface area contributed by atoms with Crippen molar-refractivity contribution in [1.29, 1.82) is 0 Å². The number of allylic oxidation sites excluding steroid dienone is 8. The fourth-order valence-electron chi connectivity index (χ4n) is 10.2. The van der Waals surface area contributed by atoms with Gasteiger partial charge in [-0.05, 0) is 127 Å². The van der Waals surface area contributed by atoms with Crippen LogP contribution in [-0.2, 0) is 10.8 Å². The van der Waals surface area contributed by atoms with Crippen LogP contribution in [0.4, 0.5) is 17.1 Å². The topological polar surface area (TPSA) is 3.24 Å². The Kier molecular flexibility index (Phi) is 7.86. The first-order chi connectivity index (χ1) is 26.8. The van der Waals surface area contributed by atoms with E-state index in [-0.39, 0.29) is 10.8 Å². The summed E-state index contributed by atoms with van der Waals surface area (Å²) in [5.74, 6) is 0.791. The Morgan fingerprint density at radius 2 is 1.22 bits per heavy atom. The van der Waals surface area contributed by atoms with Gasteiger partial charge in [0, 0.05) is 28.4 Å². The first-order valence-electron chi connectivity index (χ1n) is 20.0. The van der Waals surface area contributed by atoms with Gasteiger partial charge < -0.3 is 4.90 Å². The summed E-state index contributed by atoms with van der Waals surface area (Å²) in [4.78, 5) is 2.49. The summed E-state index contributed by atoms with van der Waals surface area (Å²) in [6.07, 6.45) is 16.3. The zero-order valence-electron chi connectivity index (χ0n) is 32.3. The number of benzene rings is 6. The lowest BCUT2D eigenvalue weighted by Crippen LogP contribution is -2.26. The Labute approximate surface area is 326 Å². The highest BCUT2D eigenvalue weighted by Crippen LogP contribution is 2.58. The van der Waals surface area contributed by atoms with Gasteiger partial charge in [-0.25, -0.2) is 0 Å². The zero-order valence-corrected chi connectivity index (χ0v) is 32.3. The van der Waals surface area contributed by atoms with E-state index >= 15 is 0 Å². The molecule has 268 valence electrons. The van der Waals surface area contributed by atoms with E-state index in [0.717, 1.165) is 18.5 Å². The first-order valence-corrected chi connectivity index (χ1v) is 20.0. The molecule has 0 fully saturated rings. The van der Waals surface area contributed by atoms with E-state index in [9.17, 15) is 0 Å². The minimum atomic E-state index is -0.151. The standard InChI is InChI=1S/C54H47N/c1-53(2)47-24-14-22-43(38-18-10-6-11-19-38)51(47)45-32-30-41(34-49(45)53)55(40-28-26-37(27-29-40)36-16-8-5-9-17-36)42-31-33-46-50(35-42)54(3,4)48-25-15-23-44(52(46)48)39-20-12-7-13-21-39/h5-12,14-20,22-35,48,52H,13,21H2,1-4H3. The molecule has 0 aliphatic heterocycles. The molecular formula is C54H47N. The van der Waals surface area contributed by atoms with Crippen molar-refractivity contribution in [3.05, 3.63) is 209 Å². The minimum absolute atomic E-state index is 0.0185. The van der Waals surface area contributed by atoms with Gasteiger partial charge in [-0.2, -0.15) is 0 Å². The monoisotopic (exact) mass is 709 g/mol. The summed E-state index contributed by atoms with van der Waals surface area (Å²) in [6.45, 7) is 9.71. The highest BCUT2D eigenvalue weighted by molar-refractivity contribution is 5.94. The van der Waals surface area contributed by atoms with Gasteiger partial charge in [0.25, 0.3) is 0 Å². The summed E-state index contributed by atoms with van der Waals surface area (Å²) >= 11 is 0. The maximum atomic E-state index is 2.51. The normalized spacial score (nSPS) is 19.5. The van der Waals surface area contributed by atoms with Crippen molar-refractivity contribution in [3.8, 4) is 33.4 Å². The van der Waals surface area contributed by atoms with Crippen LogP contribution in [0, 0.1) is 5.92 Å². The lowest BCUT2D eigenvalue weighted by molar-refractivity contribution is 0.387. The largest absolute Gasteiger partial charge is 0.310 e. The summed E-state index contributed by atoms with van der Waals surface area (Å²) in [5.41, 5.74) is 19.8. The number of nitrogens with zero attached hydrogens (tertiary/aromatic N) is 1. The van der Waals surface area contributed by atoms with Crippen molar-refractivity contribution in [2.75, 3.05) is 4.90 Å². The molecule has 0 amide bonds. The van der Waals surface area contributed by atoms with Gasteiger partial charge in [-0.1, -0.05) is 167 Å². The van der Waals surface area contributed by atoms with Crippen molar-refractivity contribution < 1.29 is 0 Å². The van der Waals surface area contributed by atoms with Crippen molar-refractivity contribution in [2.24, 2.45) is 5.92 Å². The molecule has 0 N–H and O–H groups in total. The molecule has 0 heterocycles. The fraction of sp³-hybridized carbons (Fsp3) is 0.185. The van der Waals surface area contributed by atoms with Gasteiger partial charge in [0.2, 0.25) is 0 Å². The fourth-order valence-corrected chi connectivity index (χ4v) is 10.2. The van der Waals surface area contributed by atoms with Gasteiger partial charge in [-0.15, -0.1) is 0 Å². The summed E-state index contributed by atoms with van der Waals surface area (Å²) in [6, 6.07) is 52.1. The third kappa shape index (κ3) is 5.35. The molecule has 10 rings (SSSR count). The third-order valence-corrected chi connectivity index (χ3v) is 13.1. The van der Waals surface area contributed by atoms with E-state index in [2.05, 4.69) is 209 Å². The highest BCUT2D eigenvalue weighted by atomic mass is 15.1. The number of rotatable bonds is 6. The predicted octanol–water partition coefficient (Wildman–Crippen LogP) is 14.6. The molecule has 4 aliphatic carbocycles. The Balaban J connectivity index is 1.12. The molecule has 1 heteroatoms. The summed E-state index contributed by atoms with van der Waals surface area (Å²) in [5, 5.41) is 0. The molecule has 55 heavy (non-hydrogen) atoms. The molecule has 4 aliphatic rings. The maximum absolute atomic E-state index is 2.51. The van der Waals surface area contributed by atoms with Gasteiger partial charge in [0.1, 0.15) is 0 Å². The molecule has 0 saturated heterocycles. The van der Waals surface area contributed by atoms with Gasteiger partial charge in [0.05, 0.1) is 0 Å². The van der Waals surface area contributed by atoms with Crippen LogP contribution in [0.15, 0.2) is 187 Å². The number of hydrogen-bond donors (Lipinski definition) is 0. The molecule has 0 saturated carbocycles. The van der Waals surface area contributed by atoms with Crippen LogP contribution in [0.1, 0.15) is 68.7 Å². The summed E-state index contributed by atoms with van der Waals surface area (Å²) in [7, 11) is 0. The molecule has 2 atom stereocenters. The van der Waals surface area contributed by atoms with Crippen LogP contribution in [0.5, 0.6) is 0 Å². The Morgan fingerprint density at radius 3 is 1.95 bits per heavy atom. The van der Waals surface area contributed by atoms with Crippen molar-refractivity contribution >= 4 is 17.1 Å². The van der Waals surface area contributed by atoms with E-state index in [4.69, 9.17) is 0 Å². The van der Waals surface area contributed by atoms with Crippen molar-refractivity contribution in [3.63, 3.8) is 0 Å². The summed E-state index contributed by atoms with van der Waals surface area (Å²) < 4.78 is 0. The van der Waals surface area contributed by atoms with Crippen LogP contribution >= 0.6 is 0 Å². The lowest BCUT2D eigenvalue weighted by Gasteiger charge is -2.33. The smallest absolute Gasteiger partial charge is 0.0465 e. The SMILES string of the molecule is CC1(C)c2cc(N(c3ccc(-c4ccccc4)cc3)c3ccc4c(c3)C(C)(C)C3C=CC=C(C5=CC=CCC5)C43)ccc2-c2c(-c3ccccc3)cccc21. The molecule has 0 radical (unpaired) electrons. The molecule has 6 aromatic carbocycles. The zero-order chi connectivity index (χ0) is 37.3. The van der Waals surface area contributed by atoms with E-state index in [0.29, 0.717) is 11.8 Å². The predicted molar refractivity (Wildman–Crippen MR) is 232 cm³/mol. The molecular weight excluding hydrogens is 663 g/mol. The lowest BCUT2D eigenvalue weighted by atomic mass is 9.70. The van der Waals surface area contributed by atoms with Crippen LogP contribution < -0.4 is 4.90 Å². The average molecular weight is 710 g/mol. The van der Waals surface area contributed by atoms with Crippen LogP contribution in [-0.4, -0.2) is 0 Å². The number of fused-ring (bicyclic) bond motifs is 6. The van der Waals surface area contributed by atoms with Crippen molar-refractivity contribution in [1.82, 2.24) is 0 Å². The third-order valence-electron chi connectivity index (χ3n) is 13.1. The molecule has 0 aromatic heterocycles. The van der Waals surface area contributed by atoms with Gasteiger partial charge >= 0.3 is 0 Å². The molecule has 1 nitrogen and oxygen atoms in total. The second-order valence-corrected chi connectivity index (χ2v) is 16.9. The average Bonchev–Trinajstić information content (AvgIpc) is 3.61. The second kappa shape index (κ2) is 12.8. The quantitative estimate of drug-likeness (QED) is 0.166. The minimum Gasteiger partial charge on any atom is -0.310 e. The van der Waals surface area contributed by atoms with Crippen LogP contribution in [0.25, 0.3) is 33.4 Å². The Hall–Kier alpha value is -5.92. The van der Waals surface area contributed by atoms with Crippen molar-refractivity contribution in [2.45, 2.75) is 57.3 Å². The second-order valence-electron chi connectivity index (χ2n) is 16.9. The Morgan fingerprint density at radius 1 is 0.545 bits per heavy atom. The van der Waals surface area contributed by atoms with E-state index in [1.54, 1.807) is 0 Å². The number of hydrogen-bond acceptors (Lipinski definition) is 1. The molecule has 0 spiro atoms. The molecule has 6 aromatic rings. The number of anilines is 3. The van der Waals surface area contributed by atoms with E-state index < -0.39 is 0 Å². The Bertz CT molecular complexity index is 2580. The first kappa shape index (κ1) is 33.6. The maximum Gasteiger partial charge on any atom is 0.0465 e.